The number of nitrogens with zero attached hydrogens (tertiary/aromatic N) is 2. The minimum atomic E-state index is 0.282. The molecule has 4 heteroatoms. The van der Waals surface area contributed by atoms with Gasteiger partial charge in [0.1, 0.15) is 0 Å². The Morgan fingerprint density at radius 1 is 0.500 bits per heavy atom. The Hall–Kier alpha value is -2.30. The van der Waals surface area contributed by atoms with Crippen LogP contribution in [0.3, 0.4) is 0 Å². The molecule has 0 atom stereocenters. The van der Waals surface area contributed by atoms with Gasteiger partial charge < -0.3 is 10.2 Å². The van der Waals surface area contributed by atoms with Crippen LogP contribution in [0.2, 0.25) is 0 Å². The Morgan fingerprint density at radius 3 is 1.14 bits per heavy atom. The van der Waals surface area contributed by atoms with E-state index >= 15 is 0 Å². The zero-order valence-corrected chi connectivity index (χ0v) is 23.2. The molecule has 0 saturated heterocycles. The molecule has 0 bridgehead atoms. The predicted molar refractivity (Wildman–Crippen MR) is 156 cm³/mol. The second-order valence-electron chi connectivity index (χ2n) is 10.1. The number of rotatable bonds is 17. The molecule has 2 rings (SSSR count). The van der Waals surface area contributed by atoms with Gasteiger partial charge in [-0.3, -0.25) is 9.98 Å². The van der Waals surface area contributed by atoms with Crippen LogP contribution in [0.25, 0.3) is 0 Å². The lowest BCUT2D eigenvalue weighted by atomic mass is 9.99. The van der Waals surface area contributed by atoms with Crippen molar-refractivity contribution in [1.29, 1.82) is 0 Å². The van der Waals surface area contributed by atoms with Gasteiger partial charge in [-0.05, 0) is 88.5 Å². The van der Waals surface area contributed by atoms with Gasteiger partial charge in [-0.1, -0.05) is 74.9 Å². The van der Waals surface area contributed by atoms with Gasteiger partial charge in [0.15, 0.2) is 0 Å². The quantitative estimate of drug-likeness (QED) is 0.172. The summed E-state index contributed by atoms with van der Waals surface area (Å²) in [5.74, 6) is 0. The van der Waals surface area contributed by atoms with Crippen LogP contribution >= 0.6 is 0 Å². The maximum absolute atomic E-state index is 9.09. The Bertz CT molecular complexity index is 858. The van der Waals surface area contributed by atoms with Gasteiger partial charge in [0.05, 0.1) is 22.8 Å². The topological polar surface area (TPSA) is 65.2 Å². The molecule has 36 heavy (non-hydrogen) atoms. The highest BCUT2D eigenvalue weighted by molar-refractivity contribution is 6.43. The predicted octanol–water partition coefficient (Wildman–Crippen LogP) is 8.43. The lowest BCUT2D eigenvalue weighted by molar-refractivity contribution is 0.282. The molecule has 0 fully saturated rings. The summed E-state index contributed by atoms with van der Waals surface area (Å²) in [5.41, 5.74) is 9.18. The molecule has 0 spiro atoms. The molecule has 198 valence electrons. The molecule has 2 aromatic rings. The van der Waals surface area contributed by atoms with Crippen LogP contribution in [-0.2, 0) is 0 Å². The summed E-state index contributed by atoms with van der Waals surface area (Å²) < 4.78 is 0. The zero-order valence-electron chi connectivity index (χ0n) is 23.2. The SMILES string of the molecule is Cc1cccc(C)c1N=C(CCCCCCCO)C(CCCCCCCO)=Nc1c(C)cccc1C. The number of hydrogen-bond acceptors (Lipinski definition) is 4. The lowest BCUT2D eigenvalue weighted by Gasteiger charge is -2.15. The number of para-hydroxylation sites is 2. The van der Waals surface area contributed by atoms with Gasteiger partial charge in [-0.2, -0.15) is 0 Å². The third-order valence-electron chi connectivity index (χ3n) is 6.85. The Morgan fingerprint density at radius 2 is 0.806 bits per heavy atom. The van der Waals surface area contributed by atoms with Gasteiger partial charge in [-0.15, -0.1) is 0 Å². The van der Waals surface area contributed by atoms with Crippen LogP contribution in [0, 0.1) is 27.7 Å². The first-order chi connectivity index (χ1) is 17.5. The van der Waals surface area contributed by atoms with E-state index in [1.165, 1.54) is 22.3 Å². The molecule has 4 nitrogen and oxygen atoms in total. The number of aliphatic hydroxyl groups excluding tert-OH is 2. The molecular formula is C32H48N2O2. The fraction of sp³-hybridized carbons (Fsp3) is 0.562. The van der Waals surface area contributed by atoms with Crippen LogP contribution in [0.5, 0.6) is 0 Å². The molecule has 0 heterocycles. The molecule has 2 N–H and O–H groups in total. The second kappa shape index (κ2) is 17.2. The highest BCUT2D eigenvalue weighted by Crippen LogP contribution is 2.28. The average molecular weight is 493 g/mol. The van der Waals surface area contributed by atoms with E-state index in [2.05, 4.69) is 64.1 Å². The monoisotopic (exact) mass is 492 g/mol. The second-order valence-corrected chi connectivity index (χ2v) is 10.1. The Labute approximate surface area is 219 Å². The fourth-order valence-corrected chi connectivity index (χ4v) is 4.63. The van der Waals surface area contributed by atoms with E-state index in [1.807, 2.05) is 0 Å². The number of benzene rings is 2. The summed E-state index contributed by atoms with van der Waals surface area (Å²) in [7, 11) is 0. The van der Waals surface area contributed by atoms with E-state index in [4.69, 9.17) is 20.2 Å². The highest BCUT2D eigenvalue weighted by Gasteiger charge is 2.14. The molecule has 0 radical (unpaired) electrons. The van der Waals surface area contributed by atoms with Crippen molar-refractivity contribution >= 4 is 22.8 Å². The maximum Gasteiger partial charge on any atom is 0.0692 e. The normalized spacial score (nSPS) is 12.4. The van der Waals surface area contributed by atoms with Gasteiger partial charge in [0.2, 0.25) is 0 Å². The smallest absolute Gasteiger partial charge is 0.0692 e. The van der Waals surface area contributed by atoms with Crippen LogP contribution in [0.4, 0.5) is 11.4 Å². The first kappa shape index (κ1) is 29.9. The summed E-state index contributed by atoms with van der Waals surface area (Å²) in [6.45, 7) is 9.13. The molecule has 0 saturated carbocycles. The number of hydrogen-bond donors (Lipinski definition) is 2. The van der Waals surface area contributed by atoms with Crippen LogP contribution in [-0.4, -0.2) is 34.9 Å². The summed E-state index contributed by atoms with van der Waals surface area (Å²) in [6.07, 6.45) is 12.5. The molecule has 2 aromatic carbocycles. The minimum absolute atomic E-state index is 0.282. The first-order valence-corrected chi connectivity index (χ1v) is 14.0. The Balaban J connectivity index is 2.38. The standard InChI is InChI=1S/C32H48N2O2/c1-25-17-15-18-26(2)31(25)33-29(21-11-7-5-9-13-23-35)30(22-12-8-6-10-14-24-36)34-32-27(3)19-16-20-28(32)4/h15-20,35-36H,5-14,21-24H2,1-4H3. The summed E-state index contributed by atoms with van der Waals surface area (Å²) >= 11 is 0. The molecular weight excluding hydrogens is 444 g/mol. The van der Waals surface area contributed by atoms with Crippen molar-refractivity contribution in [2.24, 2.45) is 9.98 Å². The molecule has 0 aliphatic rings. The van der Waals surface area contributed by atoms with Crippen molar-refractivity contribution in [3.8, 4) is 0 Å². The van der Waals surface area contributed by atoms with E-state index in [1.54, 1.807) is 0 Å². The Kier molecular flexibility index (Phi) is 14.3. The summed E-state index contributed by atoms with van der Waals surface area (Å²) in [4.78, 5) is 10.6. The van der Waals surface area contributed by atoms with Crippen LogP contribution in [0.15, 0.2) is 46.4 Å². The van der Waals surface area contributed by atoms with Crippen molar-refractivity contribution in [2.45, 2.75) is 105 Å². The van der Waals surface area contributed by atoms with Gasteiger partial charge in [0, 0.05) is 13.2 Å². The molecule has 0 amide bonds. The van der Waals surface area contributed by atoms with Gasteiger partial charge in [0.25, 0.3) is 0 Å². The van der Waals surface area contributed by atoms with Crippen molar-refractivity contribution in [3.05, 3.63) is 58.7 Å². The highest BCUT2D eigenvalue weighted by atomic mass is 16.3. The van der Waals surface area contributed by atoms with E-state index in [-0.39, 0.29) is 13.2 Å². The summed E-state index contributed by atoms with van der Waals surface area (Å²) in [6, 6.07) is 12.8. The zero-order chi connectivity index (χ0) is 26.2. The summed E-state index contributed by atoms with van der Waals surface area (Å²) in [5, 5.41) is 18.2. The van der Waals surface area contributed by atoms with Crippen molar-refractivity contribution < 1.29 is 10.2 Å². The molecule has 0 aliphatic carbocycles. The minimum Gasteiger partial charge on any atom is -0.396 e. The van der Waals surface area contributed by atoms with Crippen molar-refractivity contribution in [2.75, 3.05) is 13.2 Å². The number of unbranched alkanes of at least 4 members (excludes halogenated alkanes) is 8. The molecule has 0 aliphatic heterocycles. The first-order valence-electron chi connectivity index (χ1n) is 14.0. The maximum atomic E-state index is 9.09. The fourth-order valence-electron chi connectivity index (χ4n) is 4.63. The van der Waals surface area contributed by atoms with Gasteiger partial charge >= 0.3 is 0 Å². The lowest BCUT2D eigenvalue weighted by Crippen LogP contribution is -2.15. The number of aryl methyl sites for hydroxylation is 4. The number of aliphatic hydroxyl groups is 2. The third kappa shape index (κ3) is 10.4. The largest absolute Gasteiger partial charge is 0.396 e. The molecule has 0 unspecified atom stereocenters. The third-order valence-corrected chi connectivity index (χ3v) is 6.85. The van der Waals surface area contributed by atoms with E-state index in [0.717, 1.165) is 99.8 Å². The van der Waals surface area contributed by atoms with Crippen LogP contribution < -0.4 is 0 Å². The molecule has 0 aromatic heterocycles. The van der Waals surface area contributed by atoms with E-state index < -0.39 is 0 Å². The van der Waals surface area contributed by atoms with E-state index in [9.17, 15) is 0 Å². The number of aliphatic imine (C=N–C) groups is 2. The van der Waals surface area contributed by atoms with Crippen molar-refractivity contribution in [1.82, 2.24) is 0 Å². The average Bonchev–Trinajstić information content (AvgIpc) is 2.85. The van der Waals surface area contributed by atoms with Crippen LogP contribution in [0.1, 0.15) is 99.3 Å². The van der Waals surface area contributed by atoms with Crippen molar-refractivity contribution in [3.63, 3.8) is 0 Å². The van der Waals surface area contributed by atoms with E-state index in [0.29, 0.717) is 0 Å². The van der Waals surface area contributed by atoms with Gasteiger partial charge in [-0.25, -0.2) is 0 Å².